The molecule has 0 saturated heterocycles. The van der Waals surface area contributed by atoms with Crippen LogP contribution in [0, 0.1) is 6.92 Å². The molecule has 0 heterocycles. The van der Waals surface area contributed by atoms with E-state index in [2.05, 4.69) is 0 Å². The molecule has 3 nitrogen and oxygen atoms in total. The minimum absolute atomic E-state index is 0.462. The summed E-state index contributed by atoms with van der Waals surface area (Å²) in [6, 6.07) is 11.3. The molecule has 1 unspecified atom stereocenters. The molecule has 2 aromatic carbocycles. The maximum absolute atomic E-state index is 10.4. The van der Waals surface area contributed by atoms with Crippen molar-refractivity contribution in [2.24, 2.45) is 0 Å². The zero-order valence-electron chi connectivity index (χ0n) is 12.4. The van der Waals surface area contributed by atoms with E-state index >= 15 is 0 Å². The first-order valence-corrected chi connectivity index (χ1v) is 7.08. The molecule has 0 aliphatic rings. The van der Waals surface area contributed by atoms with Crippen LogP contribution in [0.1, 0.15) is 22.8 Å². The highest BCUT2D eigenvalue weighted by Gasteiger charge is 2.14. The molecular weight excluding hydrogens is 288 g/mol. The van der Waals surface area contributed by atoms with Gasteiger partial charge in [-0.05, 0) is 35.7 Å². The highest BCUT2D eigenvalue weighted by Crippen LogP contribution is 2.32. The standard InChI is InChI=1S/C17H19ClO3/c1-11-5-4-6-13(17(11)18)14(19)9-12-7-8-15(20-2)16(10-12)21-3/h4-8,10,14,19H,9H2,1-3H3. The van der Waals surface area contributed by atoms with E-state index in [1.807, 2.05) is 43.3 Å². The molecule has 0 spiro atoms. The first kappa shape index (κ1) is 15.7. The second-order valence-electron chi connectivity index (χ2n) is 4.89. The molecule has 0 aromatic heterocycles. The SMILES string of the molecule is COc1ccc(CC(O)c2cccc(C)c2Cl)cc1OC. The maximum Gasteiger partial charge on any atom is 0.160 e. The molecule has 0 fully saturated rings. The summed E-state index contributed by atoms with van der Waals surface area (Å²) in [6.07, 6.45) is -0.195. The molecule has 0 bridgehead atoms. The third-order valence-corrected chi connectivity index (χ3v) is 3.97. The Morgan fingerprint density at radius 1 is 1.10 bits per heavy atom. The van der Waals surface area contributed by atoms with E-state index in [1.165, 1.54) is 0 Å². The van der Waals surface area contributed by atoms with Gasteiger partial charge in [-0.15, -0.1) is 0 Å². The molecule has 2 aromatic rings. The van der Waals surface area contributed by atoms with Gasteiger partial charge in [0.05, 0.1) is 20.3 Å². The lowest BCUT2D eigenvalue weighted by molar-refractivity contribution is 0.178. The van der Waals surface area contributed by atoms with Crippen molar-refractivity contribution < 1.29 is 14.6 Å². The van der Waals surface area contributed by atoms with Crippen molar-refractivity contribution in [1.29, 1.82) is 0 Å². The van der Waals surface area contributed by atoms with Gasteiger partial charge in [0.1, 0.15) is 0 Å². The van der Waals surface area contributed by atoms with Crippen LogP contribution in [0.25, 0.3) is 0 Å². The fourth-order valence-corrected chi connectivity index (χ4v) is 2.52. The Morgan fingerprint density at radius 2 is 1.81 bits per heavy atom. The first-order valence-electron chi connectivity index (χ1n) is 6.70. The van der Waals surface area contributed by atoms with Gasteiger partial charge in [-0.1, -0.05) is 35.9 Å². The highest BCUT2D eigenvalue weighted by molar-refractivity contribution is 6.32. The molecular formula is C17H19ClO3. The Morgan fingerprint density at radius 3 is 2.48 bits per heavy atom. The predicted octanol–water partition coefficient (Wildman–Crippen LogP) is 3.94. The predicted molar refractivity (Wildman–Crippen MR) is 84.4 cm³/mol. The lowest BCUT2D eigenvalue weighted by Crippen LogP contribution is -2.04. The summed E-state index contributed by atoms with van der Waals surface area (Å²) < 4.78 is 10.5. The molecule has 112 valence electrons. The maximum atomic E-state index is 10.4. The van der Waals surface area contributed by atoms with Crippen LogP contribution in [0.5, 0.6) is 11.5 Å². The summed E-state index contributed by atoms with van der Waals surface area (Å²) in [7, 11) is 3.19. The molecule has 21 heavy (non-hydrogen) atoms. The highest BCUT2D eigenvalue weighted by atomic mass is 35.5. The van der Waals surface area contributed by atoms with Gasteiger partial charge in [-0.3, -0.25) is 0 Å². The Kier molecular flexibility index (Phi) is 5.10. The molecule has 0 amide bonds. The van der Waals surface area contributed by atoms with E-state index in [0.717, 1.165) is 16.7 Å². The van der Waals surface area contributed by atoms with Gasteiger partial charge in [0, 0.05) is 11.4 Å². The van der Waals surface area contributed by atoms with Crippen LogP contribution in [-0.4, -0.2) is 19.3 Å². The first-order chi connectivity index (χ1) is 10.1. The Balaban J connectivity index is 2.23. The number of aliphatic hydroxyl groups is 1. The summed E-state index contributed by atoms with van der Waals surface area (Å²) in [6.45, 7) is 1.93. The second-order valence-corrected chi connectivity index (χ2v) is 5.27. The van der Waals surface area contributed by atoms with Gasteiger partial charge < -0.3 is 14.6 Å². The van der Waals surface area contributed by atoms with E-state index < -0.39 is 6.10 Å². The van der Waals surface area contributed by atoms with Crippen LogP contribution in [0.2, 0.25) is 5.02 Å². The number of aliphatic hydroxyl groups excluding tert-OH is 1. The average Bonchev–Trinajstić information content (AvgIpc) is 2.49. The summed E-state index contributed by atoms with van der Waals surface area (Å²) in [5.41, 5.74) is 2.66. The van der Waals surface area contributed by atoms with Gasteiger partial charge in [-0.2, -0.15) is 0 Å². The molecule has 0 radical (unpaired) electrons. The molecule has 4 heteroatoms. The van der Waals surface area contributed by atoms with Crippen LogP contribution in [-0.2, 0) is 6.42 Å². The molecule has 0 saturated carbocycles. The van der Waals surface area contributed by atoms with Gasteiger partial charge >= 0.3 is 0 Å². The lowest BCUT2D eigenvalue weighted by Gasteiger charge is -2.15. The van der Waals surface area contributed by atoms with Crippen LogP contribution in [0.3, 0.4) is 0 Å². The largest absolute Gasteiger partial charge is 0.493 e. The zero-order chi connectivity index (χ0) is 15.4. The van der Waals surface area contributed by atoms with E-state index in [-0.39, 0.29) is 0 Å². The minimum Gasteiger partial charge on any atom is -0.493 e. The van der Waals surface area contributed by atoms with Crippen LogP contribution in [0.15, 0.2) is 36.4 Å². The minimum atomic E-state index is -0.657. The summed E-state index contributed by atoms with van der Waals surface area (Å²) in [4.78, 5) is 0. The monoisotopic (exact) mass is 306 g/mol. The number of hydrogen-bond acceptors (Lipinski definition) is 3. The van der Waals surface area contributed by atoms with Crippen molar-refractivity contribution in [3.63, 3.8) is 0 Å². The third-order valence-electron chi connectivity index (χ3n) is 3.46. The van der Waals surface area contributed by atoms with Crippen molar-refractivity contribution >= 4 is 11.6 Å². The summed E-state index contributed by atoms with van der Waals surface area (Å²) >= 11 is 6.26. The van der Waals surface area contributed by atoms with Crippen LogP contribution >= 0.6 is 11.6 Å². The summed E-state index contributed by atoms with van der Waals surface area (Å²) in [5.74, 6) is 1.32. The smallest absolute Gasteiger partial charge is 0.160 e. The number of hydrogen-bond donors (Lipinski definition) is 1. The quantitative estimate of drug-likeness (QED) is 0.909. The molecule has 2 rings (SSSR count). The Bertz CT molecular complexity index is 625. The molecule has 1 N–H and O–H groups in total. The number of ether oxygens (including phenoxy) is 2. The summed E-state index contributed by atoms with van der Waals surface area (Å²) in [5, 5.41) is 11.0. The van der Waals surface area contributed by atoms with E-state index in [4.69, 9.17) is 21.1 Å². The number of benzene rings is 2. The third kappa shape index (κ3) is 3.49. The van der Waals surface area contributed by atoms with Gasteiger partial charge in [0.15, 0.2) is 11.5 Å². The van der Waals surface area contributed by atoms with Crippen molar-refractivity contribution in [2.45, 2.75) is 19.4 Å². The van der Waals surface area contributed by atoms with Crippen molar-refractivity contribution in [3.8, 4) is 11.5 Å². The van der Waals surface area contributed by atoms with Gasteiger partial charge in [-0.25, -0.2) is 0 Å². The van der Waals surface area contributed by atoms with Crippen molar-refractivity contribution in [3.05, 3.63) is 58.1 Å². The average molecular weight is 307 g/mol. The van der Waals surface area contributed by atoms with E-state index in [0.29, 0.717) is 22.9 Å². The van der Waals surface area contributed by atoms with Crippen molar-refractivity contribution in [2.75, 3.05) is 14.2 Å². The molecule has 0 aliphatic heterocycles. The normalized spacial score (nSPS) is 12.0. The number of aryl methyl sites for hydroxylation is 1. The molecule has 1 atom stereocenters. The second kappa shape index (κ2) is 6.83. The van der Waals surface area contributed by atoms with E-state index in [9.17, 15) is 5.11 Å². The number of methoxy groups -OCH3 is 2. The molecule has 0 aliphatic carbocycles. The van der Waals surface area contributed by atoms with Gasteiger partial charge in [0.2, 0.25) is 0 Å². The van der Waals surface area contributed by atoms with Gasteiger partial charge in [0.25, 0.3) is 0 Å². The fraction of sp³-hybridized carbons (Fsp3) is 0.294. The van der Waals surface area contributed by atoms with Crippen LogP contribution in [0.4, 0.5) is 0 Å². The van der Waals surface area contributed by atoms with E-state index in [1.54, 1.807) is 14.2 Å². The zero-order valence-corrected chi connectivity index (χ0v) is 13.1. The van der Waals surface area contributed by atoms with Crippen molar-refractivity contribution in [1.82, 2.24) is 0 Å². The Labute approximate surface area is 130 Å². The Hall–Kier alpha value is -1.71. The lowest BCUT2D eigenvalue weighted by atomic mass is 9.99. The number of halogens is 1. The van der Waals surface area contributed by atoms with Crippen LogP contribution < -0.4 is 9.47 Å². The fourth-order valence-electron chi connectivity index (χ4n) is 2.27. The topological polar surface area (TPSA) is 38.7 Å². The number of rotatable bonds is 5.